The molecule has 0 bridgehead atoms. The van der Waals surface area contributed by atoms with Crippen molar-refractivity contribution in [2.75, 3.05) is 31.6 Å². The highest BCUT2D eigenvalue weighted by atomic mass is 32.2. The summed E-state index contributed by atoms with van der Waals surface area (Å²) in [5.74, 6) is 0. The molecular formula is C23H34N5O3S+. The van der Waals surface area contributed by atoms with E-state index >= 15 is 0 Å². The molecule has 0 aliphatic carbocycles. The molecule has 0 saturated carbocycles. The van der Waals surface area contributed by atoms with E-state index in [1.165, 1.54) is 15.4 Å². The largest absolute Gasteiger partial charge is 0.435 e. The minimum atomic E-state index is -3.35. The summed E-state index contributed by atoms with van der Waals surface area (Å²) in [4.78, 5) is 17.7. The van der Waals surface area contributed by atoms with E-state index in [1.54, 1.807) is 20.0 Å². The van der Waals surface area contributed by atoms with Gasteiger partial charge in [-0.3, -0.25) is 10.4 Å². The molecule has 2 N–H and O–H groups in total. The average Bonchev–Trinajstić information content (AvgIpc) is 2.76. The Balaban J connectivity index is 1.81. The molecule has 3 rings (SSSR count). The van der Waals surface area contributed by atoms with Crippen LogP contribution in [-0.4, -0.2) is 59.7 Å². The molecule has 0 atom stereocenters. The summed E-state index contributed by atoms with van der Waals surface area (Å²) >= 11 is 0. The second kappa shape index (κ2) is 9.56. The van der Waals surface area contributed by atoms with E-state index in [-0.39, 0.29) is 10.5 Å². The van der Waals surface area contributed by atoms with Gasteiger partial charge in [0.2, 0.25) is 10.0 Å². The number of sulfonamides is 1. The second-order valence-electron chi connectivity index (χ2n) is 8.91. The van der Waals surface area contributed by atoms with Gasteiger partial charge < -0.3 is 0 Å². The molecule has 9 heteroatoms. The number of carbonyl (C=O) groups is 1. The lowest BCUT2D eigenvalue weighted by Crippen LogP contribution is -2.66. The molecule has 1 aromatic heterocycles. The first-order valence-electron chi connectivity index (χ1n) is 10.9. The quantitative estimate of drug-likeness (QED) is 0.511. The minimum Gasteiger partial charge on any atom is -0.293 e. The van der Waals surface area contributed by atoms with Gasteiger partial charge >= 0.3 is 6.03 Å². The van der Waals surface area contributed by atoms with Gasteiger partial charge in [-0.25, -0.2) is 23.1 Å². The molecule has 0 radical (unpaired) electrons. The third-order valence-corrected chi connectivity index (χ3v) is 8.50. The van der Waals surface area contributed by atoms with Gasteiger partial charge in [0, 0.05) is 11.3 Å². The Hall–Kier alpha value is -2.49. The Morgan fingerprint density at radius 1 is 1.09 bits per heavy atom. The van der Waals surface area contributed by atoms with E-state index in [2.05, 4.69) is 41.8 Å². The molecule has 2 heterocycles. The number of quaternary nitrogens is 1. The predicted octanol–water partition coefficient (Wildman–Crippen LogP) is 3.11. The summed E-state index contributed by atoms with van der Waals surface area (Å²) in [6.07, 6.45) is 1.66. The maximum Gasteiger partial charge on any atom is 0.435 e. The summed E-state index contributed by atoms with van der Waals surface area (Å²) < 4.78 is 26.9. The van der Waals surface area contributed by atoms with Crippen molar-refractivity contribution in [3.8, 4) is 0 Å². The zero-order chi connectivity index (χ0) is 23.5. The molecule has 174 valence electrons. The smallest absolute Gasteiger partial charge is 0.293 e. The second-order valence-corrected chi connectivity index (χ2v) is 11.4. The number of pyridine rings is 1. The number of hydrogen-bond acceptors (Lipinski definition) is 5. The van der Waals surface area contributed by atoms with Gasteiger partial charge in [0.25, 0.3) is 0 Å². The van der Waals surface area contributed by atoms with Crippen molar-refractivity contribution in [3.05, 3.63) is 58.9 Å². The van der Waals surface area contributed by atoms with Crippen LogP contribution in [0.15, 0.2) is 36.5 Å². The average molecular weight is 461 g/mol. The number of amides is 2. The van der Waals surface area contributed by atoms with Crippen molar-refractivity contribution in [2.45, 2.75) is 46.4 Å². The Labute approximate surface area is 191 Å². The minimum absolute atomic E-state index is 0.124. The zero-order valence-corrected chi connectivity index (χ0v) is 20.4. The van der Waals surface area contributed by atoms with E-state index in [1.807, 2.05) is 25.1 Å². The molecule has 32 heavy (non-hydrogen) atoms. The van der Waals surface area contributed by atoms with Gasteiger partial charge in [-0.05, 0) is 57.9 Å². The Kier molecular flexibility index (Phi) is 7.22. The van der Waals surface area contributed by atoms with E-state index in [4.69, 9.17) is 0 Å². The van der Waals surface area contributed by atoms with Crippen LogP contribution in [0.3, 0.4) is 0 Å². The molecular weight excluding hydrogens is 426 g/mol. The highest BCUT2D eigenvalue weighted by Crippen LogP contribution is 2.23. The van der Waals surface area contributed by atoms with Gasteiger partial charge in [-0.1, -0.05) is 18.2 Å². The van der Waals surface area contributed by atoms with Gasteiger partial charge in [-0.15, -0.1) is 0 Å². The summed E-state index contributed by atoms with van der Waals surface area (Å²) in [5, 5.41) is -0.480. The first kappa shape index (κ1) is 24.2. The molecule has 1 aliphatic rings. The maximum absolute atomic E-state index is 13.4. The number of urea groups is 1. The van der Waals surface area contributed by atoms with Crippen molar-refractivity contribution in [2.24, 2.45) is 0 Å². The van der Waals surface area contributed by atoms with Crippen LogP contribution in [0.1, 0.15) is 36.2 Å². The lowest BCUT2D eigenvalue weighted by molar-refractivity contribution is -0.867. The third kappa shape index (κ3) is 5.28. The number of carbonyl (C=O) groups excluding carboxylic acids is 1. The lowest BCUT2D eigenvalue weighted by atomic mass is 10.0. The highest BCUT2D eigenvalue weighted by Gasteiger charge is 2.43. The van der Waals surface area contributed by atoms with E-state index in [0.29, 0.717) is 38.4 Å². The number of hydrazine groups is 1. The standard InChI is InChI=1S/C23H33N5O3S/c1-17(2)32(30,31)27-10-12-28(13-11-27,16-21-8-6-18(3)19(4)14-21)23(29)26-25-22-9-7-20(5)24-15-22/h6-9,14-15,17,25H,10-13,16H2,1-5H3/p+1. The number of anilines is 1. The fourth-order valence-electron chi connectivity index (χ4n) is 3.85. The number of nitrogens with zero attached hydrogens (tertiary/aromatic N) is 3. The molecule has 2 amide bonds. The number of nitrogens with one attached hydrogen (secondary N) is 2. The zero-order valence-electron chi connectivity index (χ0n) is 19.6. The van der Waals surface area contributed by atoms with Crippen LogP contribution in [-0.2, 0) is 16.6 Å². The number of aryl methyl sites for hydroxylation is 3. The number of rotatable bonds is 6. The summed E-state index contributed by atoms with van der Waals surface area (Å²) in [6.45, 7) is 11.3. The fourth-order valence-corrected chi connectivity index (χ4v) is 5.12. The van der Waals surface area contributed by atoms with Gasteiger partial charge in [0.05, 0.1) is 30.2 Å². The van der Waals surface area contributed by atoms with E-state index < -0.39 is 15.3 Å². The van der Waals surface area contributed by atoms with Crippen LogP contribution in [0.5, 0.6) is 0 Å². The first-order valence-corrected chi connectivity index (χ1v) is 12.4. The van der Waals surface area contributed by atoms with Gasteiger partial charge in [-0.2, -0.15) is 4.31 Å². The normalized spacial score (nSPS) is 16.7. The van der Waals surface area contributed by atoms with E-state index in [0.717, 1.165) is 11.3 Å². The number of hydrogen-bond donors (Lipinski definition) is 2. The van der Waals surface area contributed by atoms with E-state index in [9.17, 15) is 13.2 Å². The van der Waals surface area contributed by atoms with Crippen molar-refractivity contribution in [1.82, 2.24) is 14.7 Å². The molecule has 1 aliphatic heterocycles. The van der Waals surface area contributed by atoms with Gasteiger partial charge in [0.1, 0.15) is 19.6 Å². The summed E-state index contributed by atoms with van der Waals surface area (Å²) in [5.41, 5.74) is 10.8. The van der Waals surface area contributed by atoms with Crippen LogP contribution < -0.4 is 10.9 Å². The topological polar surface area (TPSA) is 91.4 Å². The lowest BCUT2D eigenvalue weighted by Gasteiger charge is -2.42. The van der Waals surface area contributed by atoms with Crippen LogP contribution in [0.2, 0.25) is 0 Å². The Bertz CT molecular complexity index is 1060. The maximum atomic E-state index is 13.4. The fraction of sp³-hybridized carbons (Fsp3) is 0.478. The molecule has 0 spiro atoms. The first-order chi connectivity index (χ1) is 15.0. The molecule has 1 saturated heterocycles. The number of aromatic nitrogens is 1. The molecule has 2 aromatic rings. The van der Waals surface area contributed by atoms with Crippen LogP contribution in [0.4, 0.5) is 10.5 Å². The monoisotopic (exact) mass is 460 g/mol. The number of piperazine rings is 1. The summed E-state index contributed by atoms with van der Waals surface area (Å²) in [7, 11) is -3.35. The van der Waals surface area contributed by atoms with Crippen molar-refractivity contribution in [3.63, 3.8) is 0 Å². The predicted molar refractivity (Wildman–Crippen MR) is 126 cm³/mol. The van der Waals surface area contributed by atoms with Crippen LogP contribution in [0.25, 0.3) is 0 Å². The highest BCUT2D eigenvalue weighted by molar-refractivity contribution is 7.89. The number of benzene rings is 1. The van der Waals surface area contributed by atoms with Gasteiger partial charge in [0.15, 0.2) is 0 Å². The summed E-state index contributed by atoms with van der Waals surface area (Å²) in [6, 6.07) is 9.74. The van der Waals surface area contributed by atoms with Crippen molar-refractivity contribution < 1.29 is 17.7 Å². The van der Waals surface area contributed by atoms with Crippen molar-refractivity contribution >= 4 is 21.7 Å². The van der Waals surface area contributed by atoms with Crippen LogP contribution in [0, 0.1) is 20.8 Å². The Morgan fingerprint density at radius 2 is 1.78 bits per heavy atom. The van der Waals surface area contributed by atoms with Crippen LogP contribution >= 0.6 is 0 Å². The molecule has 1 fully saturated rings. The van der Waals surface area contributed by atoms with Crippen molar-refractivity contribution in [1.29, 1.82) is 0 Å². The molecule has 0 unspecified atom stereocenters. The molecule has 1 aromatic carbocycles. The Morgan fingerprint density at radius 3 is 2.34 bits per heavy atom. The molecule has 8 nitrogen and oxygen atoms in total. The SMILES string of the molecule is Cc1ccc(NNC(=O)[N+]2(Cc3ccc(C)c(C)c3)CCN(S(=O)(=O)C(C)C)CC2)cn1. The third-order valence-electron chi connectivity index (χ3n) is 6.22.